The van der Waals surface area contributed by atoms with Crippen molar-refractivity contribution >= 4 is 5.97 Å². The number of carboxylic acids is 1. The minimum absolute atomic E-state index is 0.0312. The molecule has 0 radical (unpaired) electrons. The fraction of sp³-hybridized carbons (Fsp3) is 0.600. The van der Waals surface area contributed by atoms with Gasteiger partial charge in [-0.25, -0.2) is 4.98 Å². The first-order chi connectivity index (χ1) is 6.77. The van der Waals surface area contributed by atoms with Gasteiger partial charge in [-0.05, 0) is 12.8 Å². The van der Waals surface area contributed by atoms with Gasteiger partial charge in [0, 0.05) is 18.4 Å². The van der Waals surface area contributed by atoms with Crippen LogP contribution in [0.5, 0.6) is 0 Å². The molecule has 1 heterocycles. The van der Waals surface area contributed by atoms with Crippen LogP contribution < -0.4 is 0 Å². The molecule has 0 bridgehead atoms. The fourth-order valence-corrected chi connectivity index (χ4v) is 2.13. The molecule has 0 amide bonds. The number of nitrogens with zero attached hydrogens (tertiary/aromatic N) is 2. The third-order valence-corrected chi connectivity index (χ3v) is 2.78. The molecule has 4 nitrogen and oxygen atoms in total. The number of hydrogen-bond donors (Lipinski definition) is 1. The first kappa shape index (κ1) is 9.24. The molecule has 4 heteroatoms. The highest BCUT2D eigenvalue weighted by atomic mass is 16.4. The van der Waals surface area contributed by atoms with Crippen LogP contribution in [0.2, 0.25) is 0 Å². The quantitative estimate of drug-likeness (QED) is 0.795. The Morgan fingerprint density at radius 3 is 2.93 bits per heavy atom. The maximum Gasteiger partial charge on any atom is 0.311 e. The molecule has 0 spiro atoms. The van der Waals surface area contributed by atoms with Gasteiger partial charge in [-0.2, -0.15) is 0 Å². The molecule has 0 atom stereocenters. The average molecular weight is 194 g/mol. The summed E-state index contributed by atoms with van der Waals surface area (Å²) in [5.41, 5.74) is 0. The zero-order valence-corrected chi connectivity index (χ0v) is 8.02. The second kappa shape index (κ2) is 3.82. The predicted molar refractivity (Wildman–Crippen MR) is 51.1 cm³/mol. The largest absolute Gasteiger partial charge is 0.481 e. The van der Waals surface area contributed by atoms with Crippen LogP contribution in [0.25, 0.3) is 0 Å². The van der Waals surface area contributed by atoms with Gasteiger partial charge in [0.25, 0.3) is 0 Å². The number of aliphatic carboxylic acids is 1. The molecule has 14 heavy (non-hydrogen) atoms. The summed E-state index contributed by atoms with van der Waals surface area (Å²) in [5, 5.41) is 8.70. The number of carbonyl (C=O) groups is 1. The first-order valence-electron chi connectivity index (χ1n) is 5.01. The molecule has 0 saturated heterocycles. The maximum atomic E-state index is 10.6. The topological polar surface area (TPSA) is 55.1 Å². The van der Waals surface area contributed by atoms with Crippen molar-refractivity contribution in [3.63, 3.8) is 0 Å². The van der Waals surface area contributed by atoms with E-state index < -0.39 is 5.97 Å². The van der Waals surface area contributed by atoms with Gasteiger partial charge >= 0.3 is 5.97 Å². The van der Waals surface area contributed by atoms with E-state index in [1.165, 1.54) is 12.8 Å². The van der Waals surface area contributed by atoms with Gasteiger partial charge in [0.2, 0.25) is 0 Å². The van der Waals surface area contributed by atoms with E-state index in [4.69, 9.17) is 5.11 Å². The Labute approximate surface area is 82.6 Å². The molecule has 0 aliphatic heterocycles. The molecule has 1 saturated carbocycles. The number of aromatic nitrogens is 2. The van der Waals surface area contributed by atoms with Crippen LogP contribution in [0.4, 0.5) is 0 Å². The third kappa shape index (κ3) is 1.78. The molecule has 1 aliphatic carbocycles. The molecule has 76 valence electrons. The lowest BCUT2D eigenvalue weighted by molar-refractivity contribution is -0.136. The Hall–Kier alpha value is -1.32. The number of imidazole rings is 1. The van der Waals surface area contributed by atoms with Gasteiger partial charge in [-0.15, -0.1) is 0 Å². The van der Waals surface area contributed by atoms with E-state index in [0.717, 1.165) is 12.8 Å². The number of carboxylic acid groups (broad SMARTS) is 1. The van der Waals surface area contributed by atoms with E-state index in [1.807, 2.05) is 10.8 Å². The van der Waals surface area contributed by atoms with E-state index in [-0.39, 0.29) is 6.42 Å². The maximum absolute atomic E-state index is 10.6. The lowest BCUT2D eigenvalue weighted by atomic mass is 10.2. The first-order valence-corrected chi connectivity index (χ1v) is 5.01. The van der Waals surface area contributed by atoms with E-state index in [9.17, 15) is 4.79 Å². The molecular weight excluding hydrogens is 180 g/mol. The fourth-order valence-electron chi connectivity index (χ4n) is 2.13. The standard InChI is InChI=1S/C10H14N2O2/c13-10(14)7-9-11-5-6-12(9)8-3-1-2-4-8/h5-6,8H,1-4,7H2,(H,13,14). The Bertz CT molecular complexity index is 327. The van der Waals surface area contributed by atoms with Crippen LogP contribution in [0.1, 0.15) is 37.5 Å². The monoisotopic (exact) mass is 194 g/mol. The van der Waals surface area contributed by atoms with Gasteiger partial charge in [0.1, 0.15) is 12.2 Å². The lowest BCUT2D eigenvalue weighted by Crippen LogP contribution is -2.12. The highest BCUT2D eigenvalue weighted by Crippen LogP contribution is 2.30. The van der Waals surface area contributed by atoms with Gasteiger partial charge < -0.3 is 9.67 Å². The van der Waals surface area contributed by atoms with Crippen LogP contribution >= 0.6 is 0 Å². The van der Waals surface area contributed by atoms with Gasteiger partial charge in [-0.3, -0.25) is 4.79 Å². The Kier molecular flexibility index (Phi) is 2.52. The Morgan fingerprint density at radius 2 is 2.29 bits per heavy atom. The molecule has 2 rings (SSSR count). The van der Waals surface area contributed by atoms with Gasteiger partial charge in [-0.1, -0.05) is 12.8 Å². The number of hydrogen-bond acceptors (Lipinski definition) is 2. The lowest BCUT2D eigenvalue weighted by Gasteiger charge is -2.13. The van der Waals surface area contributed by atoms with Crippen LogP contribution in [0, 0.1) is 0 Å². The SMILES string of the molecule is O=C(O)Cc1nccn1C1CCCC1. The zero-order valence-electron chi connectivity index (χ0n) is 8.02. The van der Waals surface area contributed by atoms with E-state index in [2.05, 4.69) is 4.98 Å². The molecule has 0 unspecified atom stereocenters. The van der Waals surface area contributed by atoms with Crippen molar-refractivity contribution in [2.45, 2.75) is 38.1 Å². The molecular formula is C10H14N2O2. The van der Waals surface area contributed by atoms with Crippen molar-refractivity contribution in [1.29, 1.82) is 0 Å². The van der Waals surface area contributed by atoms with Crippen molar-refractivity contribution in [3.05, 3.63) is 18.2 Å². The normalized spacial score (nSPS) is 17.4. The summed E-state index contributed by atoms with van der Waals surface area (Å²) in [7, 11) is 0. The predicted octanol–water partition coefficient (Wildman–Crippen LogP) is 1.63. The van der Waals surface area contributed by atoms with Gasteiger partial charge in [0.05, 0.1) is 0 Å². The third-order valence-electron chi connectivity index (χ3n) is 2.78. The van der Waals surface area contributed by atoms with Crippen molar-refractivity contribution < 1.29 is 9.90 Å². The second-order valence-corrected chi connectivity index (χ2v) is 3.76. The van der Waals surface area contributed by atoms with E-state index >= 15 is 0 Å². The van der Waals surface area contributed by atoms with Crippen LogP contribution in [0.3, 0.4) is 0 Å². The Balaban J connectivity index is 2.15. The van der Waals surface area contributed by atoms with Crippen molar-refractivity contribution in [1.82, 2.24) is 9.55 Å². The summed E-state index contributed by atoms with van der Waals surface area (Å²) >= 11 is 0. The molecule has 1 fully saturated rings. The summed E-state index contributed by atoms with van der Waals surface area (Å²) in [6.45, 7) is 0. The smallest absolute Gasteiger partial charge is 0.311 e. The average Bonchev–Trinajstić information content (AvgIpc) is 2.70. The Morgan fingerprint density at radius 1 is 1.57 bits per heavy atom. The summed E-state index contributed by atoms with van der Waals surface area (Å²) in [4.78, 5) is 14.7. The molecule has 1 aromatic heterocycles. The van der Waals surface area contributed by atoms with E-state index in [1.54, 1.807) is 6.20 Å². The molecule has 1 aromatic rings. The highest BCUT2D eigenvalue weighted by Gasteiger charge is 2.19. The zero-order chi connectivity index (χ0) is 9.97. The molecule has 1 aliphatic rings. The highest BCUT2D eigenvalue weighted by molar-refractivity contribution is 5.69. The summed E-state index contributed by atoms with van der Waals surface area (Å²) < 4.78 is 2.03. The van der Waals surface area contributed by atoms with Crippen LogP contribution in [0.15, 0.2) is 12.4 Å². The summed E-state index contributed by atoms with van der Waals surface area (Å²) in [6.07, 6.45) is 8.42. The second-order valence-electron chi connectivity index (χ2n) is 3.76. The van der Waals surface area contributed by atoms with Crippen LogP contribution in [-0.4, -0.2) is 20.6 Å². The minimum atomic E-state index is -0.810. The van der Waals surface area contributed by atoms with Crippen molar-refractivity contribution in [3.8, 4) is 0 Å². The van der Waals surface area contributed by atoms with Crippen molar-refractivity contribution in [2.75, 3.05) is 0 Å². The van der Waals surface area contributed by atoms with Crippen molar-refractivity contribution in [2.24, 2.45) is 0 Å². The summed E-state index contributed by atoms with van der Waals surface area (Å²) in [6, 6.07) is 0.479. The van der Waals surface area contributed by atoms with Crippen LogP contribution in [-0.2, 0) is 11.2 Å². The van der Waals surface area contributed by atoms with E-state index in [0.29, 0.717) is 11.9 Å². The van der Waals surface area contributed by atoms with Gasteiger partial charge in [0.15, 0.2) is 0 Å². The molecule has 1 N–H and O–H groups in total. The summed E-state index contributed by atoms with van der Waals surface area (Å²) in [5.74, 6) is -0.125. The number of rotatable bonds is 3. The minimum Gasteiger partial charge on any atom is -0.481 e. The molecule has 0 aromatic carbocycles.